The lowest BCUT2D eigenvalue weighted by Gasteiger charge is -2.30. The average Bonchev–Trinajstić information content (AvgIpc) is 2.42. The van der Waals surface area contributed by atoms with E-state index in [4.69, 9.17) is 28.3 Å². The van der Waals surface area contributed by atoms with E-state index >= 15 is 0 Å². The SMILES string of the molecule is CC(C(=O)O)c1ccc(N2CCCCC2)c(Cl)c1Cl. The standard InChI is InChI=1S/C14H17Cl2NO2/c1-9(14(18)19)10-5-6-11(13(16)12(10)15)17-7-3-2-4-8-17/h5-6,9H,2-4,7-8H2,1H3,(H,18,19). The van der Waals surface area contributed by atoms with Crippen LogP contribution in [0.4, 0.5) is 5.69 Å². The molecule has 0 bridgehead atoms. The highest BCUT2D eigenvalue weighted by atomic mass is 35.5. The maximum Gasteiger partial charge on any atom is 0.310 e. The zero-order valence-electron chi connectivity index (χ0n) is 10.8. The Kier molecular flexibility index (Phi) is 4.58. The monoisotopic (exact) mass is 301 g/mol. The Hall–Kier alpha value is -0.930. The van der Waals surface area contributed by atoms with Crippen molar-refractivity contribution < 1.29 is 9.90 Å². The van der Waals surface area contributed by atoms with E-state index in [9.17, 15) is 4.79 Å². The van der Waals surface area contributed by atoms with Crippen LogP contribution in [0.1, 0.15) is 37.7 Å². The number of halogens is 2. The Balaban J connectivity index is 2.33. The van der Waals surface area contributed by atoms with E-state index < -0.39 is 11.9 Å². The molecule has 0 amide bonds. The quantitative estimate of drug-likeness (QED) is 0.911. The highest BCUT2D eigenvalue weighted by Crippen LogP contribution is 2.39. The highest BCUT2D eigenvalue weighted by Gasteiger charge is 2.22. The van der Waals surface area contributed by atoms with Crippen LogP contribution in [0.3, 0.4) is 0 Å². The number of carboxylic acid groups (broad SMARTS) is 1. The van der Waals surface area contributed by atoms with Crippen molar-refractivity contribution in [2.75, 3.05) is 18.0 Å². The van der Waals surface area contributed by atoms with Crippen LogP contribution in [0.2, 0.25) is 10.0 Å². The van der Waals surface area contributed by atoms with Gasteiger partial charge in [0, 0.05) is 13.1 Å². The molecule has 0 radical (unpaired) electrons. The van der Waals surface area contributed by atoms with E-state index in [0.29, 0.717) is 15.6 Å². The minimum atomic E-state index is -0.899. The normalized spacial score (nSPS) is 17.3. The second-order valence-corrected chi connectivity index (χ2v) is 5.67. The van der Waals surface area contributed by atoms with Crippen molar-refractivity contribution in [3.63, 3.8) is 0 Å². The van der Waals surface area contributed by atoms with Crippen LogP contribution in [-0.4, -0.2) is 24.2 Å². The van der Waals surface area contributed by atoms with E-state index in [1.165, 1.54) is 6.42 Å². The summed E-state index contributed by atoms with van der Waals surface area (Å²) >= 11 is 12.5. The van der Waals surface area contributed by atoms with Gasteiger partial charge in [0.25, 0.3) is 0 Å². The van der Waals surface area contributed by atoms with Gasteiger partial charge in [-0.15, -0.1) is 0 Å². The molecule has 1 saturated heterocycles. The van der Waals surface area contributed by atoms with Crippen LogP contribution in [0.15, 0.2) is 12.1 Å². The van der Waals surface area contributed by atoms with Crippen molar-refractivity contribution in [2.45, 2.75) is 32.1 Å². The third-order valence-electron chi connectivity index (χ3n) is 3.63. The molecule has 0 aliphatic carbocycles. The van der Waals surface area contributed by atoms with Crippen molar-refractivity contribution in [1.82, 2.24) is 0 Å². The Morgan fingerprint density at radius 3 is 2.42 bits per heavy atom. The number of hydrogen-bond donors (Lipinski definition) is 1. The zero-order valence-corrected chi connectivity index (χ0v) is 12.3. The molecule has 0 saturated carbocycles. The average molecular weight is 302 g/mol. The zero-order chi connectivity index (χ0) is 14.0. The largest absolute Gasteiger partial charge is 0.481 e. The molecule has 0 aromatic heterocycles. The first-order valence-corrected chi connectivity index (χ1v) is 7.23. The number of carboxylic acids is 1. The van der Waals surface area contributed by atoms with Crippen molar-refractivity contribution in [1.29, 1.82) is 0 Å². The Morgan fingerprint density at radius 2 is 1.84 bits per heavy atom. The molecule has 1 heterocycles. The van der Waals surface area contributed by atoms with Crippen LogP contribution < -0.4 is 4.90 Å². The van der Waals surface area contributed by atoms with Gasteiger partial charge < -0.3 is 10.0 Å². The van der Waals surface area contributed by atoms with Gasteiger partial charge in [-0.05, 0) is 37.8 Å². The summed E-state index contributed by atoms with van der Waals surface area (Å²) in [6.45, 7) is 3.56. The number of nitrogens with zero attached hydrogens (tertiary/aromatic N) is 1. The van der Waals surface area contributed by atoms with Gasteiger partial charge >= 0.3 is 5.97 Å². The lowest BCUT2D eigenvalue weighted by molar-refractivity contribution is -0.138. The molecule has 1 N–H and O–H groups in total. The topological polar surface area (TPSA) is 40.5 Å². The molecule has 0 spiro atoms. The molecule has 1 fully saturated rings. The van der Waals surface area contributed by atoms with Crippen molar-refractivity contribution in [3.8, 4) is 0 Å². The van der Waals surface area contributed by atoms with Gasteiger partial charge in [-0.3, -0.25) is 4.79 Å². The molecular weight excluding hydrogens is 285 g/mol. The third kappa shape index (κ3) is 2.98. The van der Waals surface area contributed by atoms with Gasteiger partial charge in [-0.1, -0.05) is 29.3 Å². The van der Waals surface area contributed by atoms with Gasteiger partial charge in [0.1, 0.15) is 0 Å². The van der Waals surface area contributed by atoms with Gasteiger partial charge in [0.2, 0.25) is 0 Å². The van der Waals surface area contributed by atoms with Crippen molar-refractivity contribution >= 4 is 34.9 Å². The number of piperidine rings is 1. The minimum Gasteiger partial charge on any atom is -0.481 e. The predicted octanol–water partition coefficient (Wildman–Crippen LogP) is 4.17. The third-order valence-corrected chi connectivity index (χ3v) is 4.51. The summed E-state index contributed by atoms with van der Waals surface area (Å²) in [5, 5.41) is 9.88. The van der Waals surface area contributed by atoms with Crippen LogP contribution >= 0.6 is 23.2 Å². The van der Waals surface area contributed by atoms with Gasteiger partial charge in [0.15, 0.2) is 0 Å². The summed E-state index contributed by atoms with van der Waals surface area (Å²) in [7, 11) is 0. The van der Waals surface area contributed by atoms with E-state index in [0.717, 1.165) is 31.6 Å². The highest BCUT2D eigenvalue weighted by molar-refractivity contribution is 6.44. The second-order valence-electron chi connectivity index (χ2n) is 4.91. The summed E-state index contributed by atoms with van der Waals surface area (Å²) in [4.78, 5) is 13.3. The predicted molar refractivity (Wildman–Crippen MR) is 78.6 cm³/mol. The fourth-order valence-electron chi connectivity index (χ4n) is 2.40. The second kappa shape index (κ2) is 6.02. The van der Waals surface area contributed by atoms with Crippen LogP contribution in [0.5, 0.6) is 0 Å². The smallest absolute Gasteiger partial charge is 0.310 e. The number of rotatable bonds is 3. The molecule has 1 aromatic rings. The number of aliphatic carboxylic acids is 1. The first-order valence-electron chi connectivity index (χ1n) is 6.48. The van der Waals surface area contributed by atoms with E-state index in [-0.39, 0.29) is 0 Å². The molecule has 2 rings (SSSR count). The Bertz CT molecular complexity index is 485. The van der Waals surface area contributed by atoms with Crippen molar-refractivity contribution in [3.05, 3.63) is 27.7 Å². The minimum absolute atomic E-state index is 0.361. The molecule has 19 heavy (non-hydrogen) atoms. The molecule has 1 aliphatic heterocycles. The molecule has 1 aromatic carbocycles. The molecule has 1 aliphatic rings. The maximum absolute atomic E-state index is 11.0. The summed E-state index contributed by atoms with van der Waals surface area (Å²) in [5.41, 5.74) is 1.48. The Morgan fingerprint density at radius 1 is 1.21 bits per heavy atom. The summed E-state index contributed by atoms with van der Waals surface area (Å²) in [6.07, 6.45) is 3.55. The van der Waals surface area contributed by atoms with Gasteiger partial charge in [-0.2, -0.15) is 0 Å². The van der Waals surface area contributed by atoms with E-state index in [1.807, 2.05) is 6.07 Å². The number of benzene rings is 1. The molecule has 104 valence electrons. The molecule has 3 nitrogen and oxygen atoms in total. The van der Waals surface area contributed by atoms with E-state index in [2.05, 4.69) is 4.90 Å². The lowest BCUT2D eigenvalue weighted by Crippen LogP contribution is -2.29. The summed E-state index contributed by atoms with van der Waals surface area (Å²) < 4.78 is 0. The fraction of sp³-hybridized carbons (Fsp3) is 0.500. The van der Waals surface area contributed by atoms with Gasteiger partial charge in [0.05, 0.1) is 21.7 Å². The fourth-order valence-corrected chi connectivity index (χ4v) is 3.02. The Labute approximate surface area is 123 Å². The summed E-state index contributed by atoms with van der Waals surface area (Å²) in [5.74, 6) is -1.55. The van der Waals surface area contributed by atoms with E-state index in [1.54, 1.807) is 13.0 Å². The molecular formula is C14H17Cl2NO2. The van der Waals surface area contributed by atoms with Crippen LogP contribution in [0.25, 0.3) is 0 Å². The van der Waals surface area contributed by atoms with Crippen molar-refractivity contribution in [2.24, 2.45) is 0 Å². The number of hydrogen-bond acceptors (Lipinski definition) is 2. The molecule has 5 heteroatoms. The molecule has 1 unspecified atom stereocenters. The van der Waals surface area contributed by atoms with Crippen LogP contribution in [0, 0.1) is 0 Å². The van der Waals surface area contributed by atoms with Gasteiger partial charge in [-0.25, -0.2) is 0 Å². The maximum atomic E-state index is 11.0. The first kappa shape index (κ1) is 14.5. The summed E-state index contributed by atoms with van der Waals surface area (Å²) in [6, 6.07) is 3.66. The number of carbonyl (C=O) groups is 1. The molecule has 1 atom stereocenters. The lowest BCUT2D eigenvalue weighted by atomic mass is 10.0. The number of anilines is 1. The first-order chi connectivity index (χ1) is 9.02. The van der Waals surface area contributed by atoms with Crippen LogP contribution in [-0.2, 0) is 4.79 Å².